The first-order chi connectivity index (χ1) is 7.59. The monoisotopic (exact) mass is 287 g/mol. The molecule has 1 fully saturated rings. The van der Waals surface area contributed by atoms with Crippen LogP contribution in [-0.2, 0) is 0 Å². The van der Waals surface area contributed by atoms with E-state index in [-0.39, 0.29) is 11.9 Å². The number of carboxylic acid groups (broad SMARTS) is 1. The van der Waals surface area contributed by atoms with E-state index in [1.54, 1.807) is 6.07 Å². The van der Waals surface area contributed by atoms with Gasteiger partial charge in [0.25, 0.3) is 0 Å². The topological polar surface area (TPSA) is 40.5 Å². The lowest BCUT2D eigenvalue weighted by Crippen LogP contribution is -2.28. The average molecular weight is 288 g/mol. The largest absolute Gasteiger partial charge is 0.465 e. The predicted octanol–water partition coefficient (Wildman–Crippen LogP) is 3.40. The number of benzene rings is 1. The summed E-state index contributed by atoms with van der Waals surface area (Å²) in [7, 11) is 0. The summed E-state index contributed by atoms with van der Waals surface area (Å²) in [5.41, 5.74) is 0.835. The fraction of sp³-hybridized carbons (Fsp3) is 0.364. The number of hydrogen-bond donors (Lipinski definition) is 1. The summed E-state index contributed by atoms with van der Waals surface area (Å²) in [5.74, 6) is -0.324. The van der Waals surface area contributed by atoms with Crippen molar-refractivity contribution in [1.82, 2.24) is 4.90 Å². The Morgan fingerprint density at radius 3 is 2.94 bits per heavy atom. The van der Waals surface area contributed by atoms with E-state index in [0.29, 0.717) is 11.0 Å². The minimum absolute atomic E-state index is 0.160. The van der Waals surface area contributed by atoms with E-state index in [4.69, 9.17) is 5.11 Å². The first kappa shape index (κ1) is 11.4. The second kappa shape index (κ2) is 4.41. The smallest absolute Gasteiger partial charge is 0.407 e. The molecule has 1 unspecified atom stereocenters. The molecule has 16 heavy (non-hydrogen) atoms. The van der Waals surface area contributed by atoms with Gasteiger partial charge in [-0.25, -0.2) is 9.18 Å². The molecule has 3 nitrogen and oxygen atoms in total. The van der Waals surface area contributed by atoms with Gasteiger partial charge in [-0.1, -0.05) is 22.0 Å². The van der Waals surface area contributed by atoms with Crippen LogP contribution in [0.5, 0.6) is 0 Å². The number of nitrogens with zero attached hydrogens (tertiary/aromatic N) is 1. The lowest BCUT2D eigenvalue weighted by molar-refractivity contribution is 0.140. The summed E-state index contributed by atoms with van der Waals surface area (Å²) in [4.78, 5) is 12.4. The van der Waals surface area contributed by atoms with E-state index in [1.807, 2.05) is 0 Å². The Labute approximate surface area is 101 Å². The molecule has 1 saturated heterocycles. The molecule has 86 valence electrons. The second-order valence-corrected chi connectivity index (χ2v) is 4.65. The summed E-state index contributed by atoms with van der Waals surface area (Å²) in [6, 6.07) is 4.21. The lowest BCUT2D eigenvalue weighted by Gasteiger charge is -2.22. The predicted molar refractivity (Wildman–Crippen MR) is 60.8 cm³/mol. The minimum atomic E-state index is -0.918. The Bertz CT molecular complexity index is 424. The summed E-state index contributed by atoms with van der Waals surface area (Å²) in [6.07, 6.45) is 0.718. The summed E-state index contributed by atoms with van der Waals surface area (Å²) >= 11 is 3.27. The van der Waals surface area contributed by atoms with Crippen molar-refractivity contribution < 1.29 is 14.3 Å². The molecule has 2 rings (SSSR count). The highest BCUT2D eigenvalue weighted by Crippen LogP contribution is 2.36. The van der Waals surface area contributed by atoms with Crippen LogP contribution in [0.3, 0.4) is 0 Å². The van der Waals surface area contributed by atoms with Gasteiger partial charge in [-0.2, -0.15) is 0 Å². The Morgan fingerprint density at radius 1 is 1.56 bits per heavy atom. The van der Waals surface area contributed by atoms with Crippen LogP contribution in [0.4, 0.5) is 9.18 Å². The van der Waals surface area contributed by atoms with Gasteiger partial charge >= 0.3 is 6.09 Å². The van der Waals surface area contributed by atoms with Gasteiger partial charge in [-0.3, -0.25) is 0 Å². The third kappa shape index (κ3) is 2.04. The maximum Gasteiger partial charge on any atom is 0.407 e. The number of halogens is 2. The second-order valence-electron chi connectivity index (χ2n) is 3.80. The SMILES string of the molecule is O=C(O)N1CCCC1c1ccc(F)cc1Br. The Kier molecular flexibility index (Phi) is 3.14. The molecule has 1 amide bonds. The summed E-state index contributed by atoms with van der Waals surface area (Å²) < 4.78 is 13.6. The van der Waals surface area contributed by atoms with Crippen molar-refractivity contribution in [2.45, 2.75) is 18.9 Å². The first-order valence-corrected chi connectivity index (χ1v) is 5.83. The van der Waals surface area contributed by atoms with Crippen LogP contribution in [0.2, 0.25) is 0 Å². The van der Waals surface area contributed by atoms with Crippen molar-refractivity contribution >= 4 is 22.0 Å². The van der Waals surface area contributed by atoms with Gasteiger partial charge in [-0.15, -0.1) is 0 Å². The van der Waals surface area contributed by atoms with Crippen LogP contribution in [0.25, 0.3) is 0 Å². The van der Waals surface area contributed by atoms with Gasteiger partial charge < -0.3 is 10.0 Å². The number of likely N-dealkylation sites (tertiary alicyclic amines) is 1. The molecule has 1 heterocycles. The molecule has 1 N–H and O–H groups in total. The maximum absolute atomic E-state index is 12.9. The van der Waals surface area contributed by atoms with Crippen LogP contribution in [0, 0.1) is 5.82 Å². The zero-order valence-corrected chi connectivity index (χ0v) is 10.1. The highest BCUT2D eigenvalue weighted by molar-refractivity contribution is 9.10. The van der Waals surface area contributed by atoms with Crippen LogP contribution < -0.4 is 0 Å². The average Bonchev–Trinajstić information content (AvgIpc) is 2.66. The molecule has 0 bridgehead atoms. The van der Waals surface area contributed by atoms with Gasteiger partial charge in [0.05, 0.1) is 6.04 Å². The summed E-state index contributed by atoms with van der Waals surface area (Å²) in [6.45, 7) is 0.545. The molecular weight excluding hydrogens is 277 g/mol. The van der Waals surface area contributed by atoms with Crippen LogP contribution in [-0.4, -0.2) is 22.6 Å². The van der Waals surface area contributed by atoms with Gasteiger partial charge in [0, 0.05) is 11.0 Å². The van der Waals surface area contributed by atoms with E-state index in [9.17, 15) is 9.18 Å². The van der Waals surface area contributed by atoms with E-state index in [2.05, 4.69) is 15.9 Å². The van der Waals surface area contributed by atoms with Crippen molar-refractivity contribution in [2.24, 2.45) is 0 Å². The zero-order valence-electron chi connectivity index (χ0n) is 8.49. The first-order valence-electron chi connectivity index (χ1n) is 5.04. The van der Waals surface area contributed by atoms with Gasteiger partial charge in [0.1, 0.15) is 5.82 Å². The Hall–Kier alpha value is -1.10. The molecular formula is C11H11BrFNO2. The van der Waals surface area contributed by atoms with Crippen molar-refractivity contribution in [3.63, 3.8) is 0 Å². The van der Waals surface area contributed by atoms with Gasteiger partial charge in [0.2, 0.25) is 0 Å². The molecule has 1 aliphatic heterocycles. The molecule has 5 heteroatoms. The van der Waals surface area contributed by atoms with Crippen molar-refractivity contribution in [2.75, 3.05) is 6.54 Å². The number of hydrogen-bond acceptors (Lipinski definition) is 1. The van der Waals surface area contributed by atoms with E-state index < -0.39 is 6.09 Å². The molecule has 0 spiro atoms. The molecule has 0 aromatic heterocycles. The zero-order chi connectivity index (χ0) is 11.7. The van der Waals surface area contributed by atoms with E-state index in [1.165, 1.54) is 17.0 Å². The molecule has 0 saturated carbocycles. The molecule has 0 radical (unpaired) electrons. The Balaban J connectivity index is 2.32. The summed E-state index contributed by atoms with van der Waals surface area (Å²) in [5, 5.41) is 9.03. The van der Waals surface area contributed by atoms with Crippen LogP contribution in [0.1, 0.15) is 24.4 Å². The van der Waals surface area contributed by atoms with E-state index >= 15 is 0 Å². The quantitative estimate of drug-likeness (QED) is 0.860. The van der Waals surface area contributed by atoms with Gasteiger partial charge in [0.15, 0.2) is 0 Å². The fourth-order valence-corrected chi connectivity index (χ4v) is 2.71. The third-order valence-electron chi connectivity index (χ3n) is 2.82. The van der Waals surface area contributed by atoms with Crippen molar-refractivity contribution in [3.8, 4) is 0 Å². The molecule has 1 atom stereocenters. The Morgan fingerprint density at radius 2 is 2.31 bits per heavy atom. The fourth-order valence-electron chi connectivity index (χ4n) is 2.09. The number of carbonyl (C=O) groups is 1. The normalized spacial score (nSPS) is 20.1. The molecule has 0 aliphatic carbocycles. The minimum Gasteiger partial charge on any atom is -0.465 e. The maximum atomic E-state index is 12.9. The third-order valence-corrected chi connectivity index (χ3v) is 3.51. The standard InChI is InChI=1S/C11H11BrFNO2/c12-9-6-7(13)3-4-8(9)10-2-1-5-14(10)11(15)16/h3-4,6,10H,1-2,5H2,(H,15,16). The lowest BCUT2D eigenvalue weighted by atomic mass is 10.0. The van der Waals surface area contributed by atoms with Crippen LogP contribution >= 0.6 is 15.9 Å². The molecule has 1 aromatic rings. The number of amides is 1. The van der Waals surface area contributed by atoms with E-state index in [0.717, 1.165) is 18.4 Å². The number of rotatable bonds is 1. The highest BCUT2D eigenvalue weighted by atomic mass is 79.9. The van der Waals surface area contributed by atoms with Gasteiger partial charge in [-0.05, 0) is 30.5 Å². The van der Waals surface area contributed by atoms with Crippen molar-refractivity contribution in [3.05, 3.63) is 34.1 Å². The molecule has 1 aromatic carbocycles. The van der Waals surface area contributed by atoms with Crippen LogP contribution in [0.15, 0.2) is 22.7 Å². The molecule has 1 aliphatic rings. The highest BCUT2D eigenvalue weighted by Gasteiger charge is 2.30. The van der Waals surface area contributed by atoms with Crippen molar-refractivity contribution in [1.29, 1.82) is 0 Å².